The topological polar surface area (TPSA) is 87.3 Å². The van der Waals surface area contributed by atoms with Crippen molar-refractivity contribution < 1.29 is 14.4 Å². The van der Waals surface area contributed by atoms with Crippen LogP contribution in [0.15, 0.2) is 30.3 Å². The predicted octanol–water partition coefficient (Wildman–Crippen LogP) is 0.257. The Labute approximate surface area is 123 Å². The molecule has 1 aromatic rings. The van der Waals surface area contributed by atoms with E-state index in [2.05, 4.69) is 16.0 Å². The molecule has 0 bridgehead atoms. The van der Waals surface area contributed by atoms with E-state index in [1.54, 1.807) is 0 Å². The zero-order valence-electron chi connectivity index (χ0n) is 12.1. The lowest BCUT2D eigenvalue weighted by Gasteiger charge is -2.17. The first-order valence-electron chi connectivity index (χ1n) is 6.90. The van der Waals surface area contributed by atoms with Gasteiger partial charge in [0.25, 0.3) is 0 Å². The van der Waals surface area contributed by atoms with Gasteiger partial charge in [-0.2, -0.15) is 0 Å². The molecule has 1 aliphatic rings. The molecule has 112 valence electrons. The monoisotopic (exact) mass is 289 g/mol. The van der Waals surface area contributed by atoms with E-state index in [0.29, 0.717) is 0 Å². The fraction of sp³-hybridized carbons (Fsp3) is 0.400. The molecule has 3 amide bonds. The Bertz CT molecular complexity index is 544. The highest BCUT2D eigenvalue weighted by Gasteiger charge is 2.36. The molecule has 1 fully saturated rings. The molecule has 0 spiro atoms. The van der Waals surface area contributed by atoms with E-state index in [9.17, 15) is 14.4 Å². The molecular weight excluding hydrogens is 270 g/mol. The molecule has 21 heavy (non-hydrogen) atoms. The molecule has 0 radical (unpaired) electrons. The number of hydrogen-bond donors (Lipinski definition) is 3. The smallest absolute Gasteiger partial charge is 0.243 e. The minimum absolute atomic E-state index is 0.143. The predicted molar refractivity (Wildman–Crippen MR) is 77.2 cm³/mol. The summed E-state index contributed by atoms with van der Waals surface area (Å²) in [7, 11) is 0. The highest BCUT2D eigenvalue weighted by atomic mass is 16.2. The summed E-state index contributed by atoms with van der Waals surface area (Å²) in [5, 5.41) is 8.00. The first-order chi connectivity index (χ1) is 9.97. The summed E-state index contributed by atoms with van der Waals surface area (Å²) in [4.78, 5) is 34.8. The fourth-order valence-corrected chi connectivity index (χ4v) is 2.36. The third-order valence-corrected chi connectivity index (χ3v) is 3.46. The van der Waals surface area contributed by atoms with Crippen LogP contribution in [0.25, 0.3) is 0 Å². The lowest BCUT2D eigenvalue weighted by Crippen LogP contribution is -2.42. The first-order valence-corrected chi connectivity index (χ1v) is 6.90. The second-order valence-electron chi connectivity index (χ2n) is 5.19. The van der Waals surface area contributed by atoms with Crippen LogP contribution in [0.2, 0.25) is 0 Å². The molecule has 6 heteroatoms. The van der Waals surface area contributed by atoms with E-state index in [-0.39, 0.29) is 30.2 Å². The Balaban J connectivity index is 1.92. The van der Waals surface area contributed by atoms with Gasteiger partial charge in [-0.25, -0.2) is 0 Å². The van der Waals surface area contributed by atoms with Crippen molar-refractivity contribution in [3.8, 4) is 0 Å². The van der Waals surface area contributed by atoms with Gasteiger partial charge in [0.1, 0.15) is 12.1 Å². The summed E-state index contributed by atoms with van der Waals surface area (Å²) < 4.78 is 0. The van der Waals surface area contributed by atoms with Gasteiger partial charge in [0, 0.05) is 13.3 Å². The Morgan fingerprint density at radius 1 is 1.29 bits per heavy atom. The molecule has 3 N–H and O–H groups in total. The van der Waals surface area contributed by atoms with Gasteiger partial charge >= 0.3 is 0 Å². The maximum absolute atomic E-state index is 12.2. The summed E-state index contributed by atoms with van der Waals surface area (Å²) in [5.41, 5.74) is 0.994. The van der Waals surface area contributed by atoms with Gasteiger partial charge < -0.3 is 16.0 Å². The molecule has 0 unspecified atom stereocenters. The summed E-state index contributed by atoms with van der Waals surface area (Å²) >= 11 is 0. The number of carbonyl (C=O) groups excluding carboxylic acids is 3. The standard InChI is InChI=1S/C15H19N3O3/c1-9(11-6-4-3-5-7-11)16-14(20)13-8-12(15(21)18-13)17-10(2)19/h3-7,9,12-13H,8H2,1-2H3,(H,16,20)(H,17,19)(H,18,21)/t9-,12+,13+/m1/s1. The maximum Gasteiger partial charge on any atom is 0.243 e. The van der Waals surface area contributed by atoms with Crippen LogP contribution in [0, 0.1) is 0 Å². The fourth-order valence-electron chi connectivity index (χ4n) is 2.36. The normalized spacial score (nSPS) is 22.3. The van der Waals surface area contributed by atoms with E-state index >= 15 is 0 Å². The molecule has 1 heterocycles. The number of amides is 3. The van der Waals surface area contributed by atoms with Crippen LogP contribution in [0.4, 0.5) is 0 Å². The molecule has 6 nitrogen and oxygen atoms in total. The van der Waals surface area contributed by atoms with Gasteiger partial charge in [-0.05, 0) is 12.5 Å². The largest absolute Gasteiger partial charge is 0.348 e. The van der Waals surface area contributed by atoms with Gasteiger partial charge in [-0.3, -0.25) is 14.4 Å². The summed E-state index contributed by atoms with van der Waals surface area (Å²) in [6, 6.07) is 8.19. The number of rotatable bonds is 4. The van der Waals surface area contributed by atoms with Crippen molar-refractivity contribution in [1.29, 1.82) is 0 Å². The van der Waals surface area contributed by atoms with Gasteiger partial charge in [-0.1, -0.05) is 30.3 Å². The Hall–Kier alpha value is -2.37. The van der Waals surface area contributed by atoms with Crippen LogP contribution in [0.5, 0.6) is 0 Å². The second-order valence-corrected chi connectivity index (χ2v) is 5.19. The molecule has 1 aromatic carbocycles. The Morgan fingerprint density at radius 3 is 2.57 bits per heavy atom. The van der Waals surface area contributed by atoms with Gasteiger partial charge in [0.05, 0.1) is 6.04 Å². The quantitative estimate of drug-likeness (QED) is 0.743. The molecular formula is C15H19N3O3. The second kappa shape index (κ2) is 6.39. The SMILES string of the molecule is CC(=O)N[C@H]1C[C@@H](C(=O)N[C@H](C)c2ccccc2)NC1=O. The molecule has 0 saturated carbocycles. The van der Waals surface area contributed by atoms with Gasteiger partial charge in [-0.15, -0.1) is 0 Å². The Kier molecular flexibility index (Phi) is 4.57. The summed E-state index contributed by atoms with van der Waals surface area (Å²) in [5.74, 6) is -0.848. The summed E-state index contributed by atoms with van der Waals surface area (Å²) in [6.45, 7) is 3.23. The van der Waals surface area contributed by atoms with Crippen molar-refractivity contribution in [2.75, 3.05) is 0 Å². The van der Waals surface area contributed by atoms with Crippen molar-refractivity contribution >= 4 is 17.7 Å². The number of nitrogens with one attached hydrogen (secondary N) is 3. The van der Waals surface area contributed by atoms with E-state index in [4.69, 9.17) is 0 Å². The third kappa shape index (κ3) is 3.81. The number of hydrogen-bond acceptors (Lipinski definition) is 3. The highest BCUT2D eigenvalue weighted by Crippen LogP contribution is 2.14. The van der Waals surface area contributed by atoms with Crippen molar-refractivity contribution in [3.63, 3.8) is 0 Å². The van der Waals surface area contributed by atoms with Crippen molar-refractivity contribution in [2.24, 2.45) is 0 Å². The van der Waals surface area contributed by atoms with Crippen molar-refractivity contribution in [1.82, 2.24) is 16.0 Å². The van der Waals surface area contributed by atoms with Crippen molar-refractivity contribution in [2.45, 2.75) is 38.4 Å². The maximum atomic E-state index is 12.2. The third-order valence-electron chi connectivity index (χ3n) is 3.46. The van der Waals surface area contributed by atoms with Crippen LogP contribution in [-0.2, 0) is 14.4 Å². The lowest BCUT2D eigenvalue weighted by atomic mass is 10.1. The van der Waals surface area contributed by atoms with E-state index in [1.807, 2.05) is 37.3 Å². The minimum atomic E-state index is -0.634. The van der Waals surface area contributed by atoms with E-state index in [1.165, 1.54) is 6.92 Å². The molecule has 3 atom stereocenters. The highest BCUT2D eigenvalue weighted by molar-refractivity contribution is 5.95. The molecule has 1 saturated heterocycles. The van der Waals surface area contributed by atoms with Crippen LogP contribution in [0.3, 0.4) is 0 Å². The van der Waals surface area contributed by atoms with Gasteiger partial charge in [0.15, 0.2) is 0 Å². The molecule has 0 aromatic heterocycles. The minimum Gasteiger partial charge on any atom is -0.348 e. The zero-order valence-corrected chi connectivity index (χ0v) is 12.1. The zero-order chi connectivity index (χ0) is 15.4. The van der Waals surface area contributed by atoms with E-state index in [0.717, 1.165) is 5.56 Å². The number of benzene rings is 1. The van der Waals surface area contributed by atoms with Gasteiger partial charge in [0.2, 0.25) is 17.7 Å². The molecule has 2 rings (SSSR count). The van der Waals surface area contributed by atoms with Crippen LogP contribution in [-0.4, -0.2) is 29.8 Å². The van der Waals surface area contributed by atoms with E-state index < -0.39 is 12.1 Å². The first kappa shape index (κ1) is 15.0. The van der Waals surface area contributed by atoms with Crippen LogP contribution >= 0.6 is 0 Å². The van der Waals surface area contributed by atoms with Crippen LogP contribution in [0.1, 0.15) is 31.9 Å². The molecule has 1 aliphatic heterocycles. The van der Waals surface area contributed by atoms with Crippen LogP contribution < -0.4 is 16.0 Å². The average molecular weight is 289 g/mol. The number of carbonyl (C=O) groups is 3. The lowest BCUT2D eigenvalue weighted by molar-refractivity contribution is -0.127. The Morgan fingerprint density at radius 2 is 1.95 bits per heavy atom. The molecule has 0 aliphatic carbocycles. The summed E-state index contributed by atoms with van der Waals surface area (Å²) in [6.07, 6.45) is 0.270. The average Bonchev–Trinajstić information content (AvgIpc) is 2.80. The van der Waals surface area contributed by atoms with Crippen molar-refractivity contribution in [3.05, 3.63) is 35.9 Å².